The first-order valence-electron chi connectivity index (χ1n) is 21.0. The van der Waals surface area contributed by atoms with Crippen molar-refractivity contribution in [3.05, 3.63) is 239 Å². The van der Waals surface area contributed by atoms with Crippen molar-refractivity contribution in [3.63, 3.8) is 0 Å². The van der Waals surface area contributed by atoms with E-state index in [1.165, 1.54) is 27.8 Å². The van der Waals surface area contributed by atoms with Crippen LogP contribution in [0.2, 0.25) is 0 Å². The van der Waals surface area contributed by atoms with Gasteiger partial charge in [0, 0.05) is 42.8 Å². The molecule has 9 aromatic rings. The fourth-order valence-corrected chi connectivity index (χ4v) is 8.96. The molecule has 0 saturated carbocycles. The van der Waals surface area contributed by atoms with Gasteiger partial charge in [-0.25, -0.2) is 0 Å². The Balaban J connectivity index is 1.28. The Morgan fingerprint density at radius 1 is 0.306 bits per heavy atom. The molecule has 0 saturated heterocycles. The van der Waals surface area contributed by atoms with Crippen molar-refractivity contribution in [3.8, 4) is 44.5 Å². The molecule has 0 radical (unpaired) electrons. The molecule has 0 amide bonds. The molecule has 0 fully saturated rings. The van der Waals surface area contributed by atoms with E-state index in [1.807, 2.05) is 0 Å². The first-order valence-corrected chi connectivity index (χ1v) is 22.5. The highest BCUT2D eigenvalue weighted by Gasteiger charge is 2.25. The molecular formula is C58H46Br2N2. The van der Waals surface area contributed by atoms with E-state index in [0.717, 1.165) is 65.3 Å². The van der Waals surface area contributed by atoms with Crippen LogP contribution in [-0.2, 0) is 5.41 Å². The second kappa shape index (κ2) is 17.9. The van der Waals surface area contributed by atoms with Gasteiger partial charge in [-0.2, -0.15) is 0 Å². The number of nitrogens with zero attached hydrogens (tertiary/aromatic N) is 2. The first kappa shape index (κ1) is 40.9. The number of hydrogen-bond donors (Lipinski definition) is 0. The van der Waals surface area contributed by atoms with Crippen LogP contribution in [0.3, 0.4) is 0 Å². The Bertz CT molecular complexity index is 2790. The molecule has 0 heterocycles. The molecule has 0 spiro atoms. The minimum atomic E-state index is -0.177. The number of para-hydroxylation sites is 2. The maximum absolute atomic E-state index is 3.84. The number of benzene rings is 9. The average Bonchev–Trinajstić information content (AvgIpc) is 3.30. The molecular weight excluding hydrogens is 884 g/mol. The zero-order valence-corrected chi connectivity index (χ0v) is 38.2. The Labute approximate surface area is 383 Å². The predicted molar refractivity (Wildman–Crippen MR) is 272 cm³/mol. The highest BCUT2D eigenvalue weighted by Crippen LogP contribution is 2.48. The van der Waals surface area contributed by atoms with Crippen LogP contribution < -0.4 is 9.80 Å². The van der Waals surface area contributed by atoms with E-state index in [0.29, 0.717) is 0 Å². The minimum absolute atomic E-state index is 0.177. The lowest BCUT2D eigenvalue weighted by atomic mass is 9.86. The molecule has 4 heteroatoms. The van der Waals surface area contributed by atoms with Crippen LogP contribution in [0.1, 0.15) is 26.3 Å². The molecule has 9 aromatic carbocycles. The van der Waals surface area contributed by atoms with E-state index in [1.54, 1.807) is 0 Å². The summed E-state index contributed by atoms with van der Waals surface area (Å²) in [6.45, 7) is 6.90. The van der Waals surface area contributed by atoms with Crippen molar-refractivity contribution in [2.45, 2.75) is 26.2 Å². The smallest absolute Gasteiger partial charge is 0.0540 e. The summed E-state index contributed by atoms with van der Waals surface area (Å²) in [5, 5.41) is 0. The maximum Gasteiger partial charge on any atom is 0.0540 e. The third kappa shape index (κ3) is 8.81. The quantitative estimate of drug-likeness (QED) is 0.135. The SMILES string of the molecule is CC(C)(C)c1cc(N(c2cccc(Br)c2)c2ccccc2-c2cccc(-c3ccccc3)c2)cc(N(c2cccc(Br)c2)c2ccccc2-c2cccc(-c3ccccc3)c2)c1. The molecule has 0 aliphatic carbocycles. The molecule has 302 valence electrons. The van der Waals surface area contributed by atoms with Gasteiger partial charge < -0.3 is 9.80 Å². The van der Waals surface area contributed by atoms with Gasteiger partial charge in [0.05, 0.1) is 11.4 Å². The molecule has 0 N–H and O–H groups in total. The Kier molecular flexibility index (Phi) is 11.8. The van der Waals surface area contributed by atoms with Crippen LogP contribution in [0.15, 0.2) is 233 Å². The van der Waals surface area contributed by atoms with Crippen LogP contribution in [0.25, 0.3) is 44.5 Å². The van der Waals surface area contributed by atoms with Gasteiger partial charge in [-0.15, -0.1) is 0 Å². The minimum Gasteiger partial charge on any atom is -0.310 e. The highest BCUT2D eigenvalue weighted by atomic mass is 79.9. The largest absolute Gasteiger partial charge is 0.310 e. The number of halogens is 2. The van der Waals surface area contributed by atoms with Crippen LogP contribution in [0, 0.1) is 0 Å². The van der Waals surface area contributed by atoms with E-state index < -0.39 is 0 Å². The van der Waals surface area contributed by atoms with Crippen LogP contribution in [0.4, 0.5) is 34.1 Å². The second-order valence-electron chi connectivity index (χ2n) is 16.5. The molecule has 0 atom stereocenters. The van der Waals surface area contributed by atoms with E-state index in [2.05, 4.69) is 287 Å². The van der Waals surface area contributed by atoms with Crippen LogP contribution in [0.5, 0.6) is 0 Å². The molecule has 0 bridgehead atoms. The van der Waals surface area contributed by atoms with Crippen molar-refractivity contribution in [1.29, 1.82) is 0 Å². The molecule has 0 aliphatic rings. The fraction of sp³-hybridized carbons (Fsp3) is 0.0690. The average molecular weight is 931 g/mol. The molecule has 9 rings (SSSR count). The van der Waals surface area contributed by atoms with Crippen LogP contribution >= 0.6 is 31.9 Å². The number of hydrogen-bond acceptors (Lipinski definition) is 2. The maximum atomic E-state index is 3.84. The van der Waals surface area contributed by atoms with Crippen LogP contribution in [-0.4, -0.2) is 0 Å². The summed E-state index contributed by atoms with van der Waals surface area (Å²) in [6.07, 6.45) is 0. The summed E-state index contributed by atoms with van der Waals surface area (Å²) in [7, 11) is 0. The lowest BCUT2D eigenvalue weighted by Crippen LogP contribution is -2.18. The fourth-order valence-electron chi connectivity index (χ4n) is 8.19. The first-order chi connectivity index (χ1) is 30.2. The molecule has 0 unspecified atom stereocenters. The molecule has 62 heavy (non-hydrogen) atoms. The Morgan fingerprint density at radius 2 is 0.677 bits per heavy atom. The van der Waals surface area contributed by atoms with E-state index in [-0.39, 0.29) is 5.41 Å². The van der Waals surface area contributed by atoms with Gasteiger partial charge in [0.1, 0.15) is 0 Å². The van der Waals surface area contributed by atoms with E-state index in [4.69, 9.17) is 0 Å². The standard InChI is InChI=1S/C58H46Br2N2/c1-58(2,3)47-36-52(61(50-28-16-26-48(59)38-50)56-32-12-10-30-54(56)45-24-14-22-43(34-45)41-18-6-4-7-19-41)40-53(37-47)62(51-29-17-27-49(60)39-51)57-33-13-11-31-55(57)46-25-15-23-44(35-46)42-20-8-5-9-21-42/h4-40H,1-3H3. The third-order valence-corrected chi connectivity index (χ3v) is 12.3. The third-order valence-electron chi connectivity index (χ3n) is 11.3. The van der Waals surface area contributed by atoms with Crippen molar-refractivity contribution < 1.29 is 0 Å². The van der Waals surface area contributed by atoms with Gasteiger partial charge in [-0.1, -0.05) is 198 Å². The highest BCUT2D eigenvalue weighted by molar-refractivity contribution is 9.10. The molecule has 0 aliphatic heterocycles. The Morgan fingerprint density at radius 3 is 1.10 bits per heavy atom. The van der Waals surface area contributed by atoms with Crippen molar-refractivity contribution >= 4 is 66.0 Å². The molecule has 2 nitrogen and oxygen atoms in total. The van der Waals surface area contributed by atoms with Gasteiger partial charge in [-0.05, 0) is 123 Å². The van der Waals surface area contributed by atoms with E-state index >= 15 is 0 Å². The van der Waals surface area contributed by atoms with Gasteiger partial charge in [0.2, 0.25) is 0 Å². The topological polar surface area (TPSA) is 6.48 Å². The normalized spacial score (nSPS) is 11.3. The zero-order valence-electron chi connectivity index (χ0n) is 35.0. The second-order valence-corrected chi connectivity index (χ2v) is 18.4. The summed E-state index contributed by atoms with van der Waals surface area (Å²) in [5.74, 6) is 0. The summed E-state index contributed by atoms with van der Waals surface area (Å²) in [5.41, 5.74) is 16.8. The van der Waals surface area contributed by atoms with Crippen molar-refractivity contribution in [2.24, 2.45) is 0 Å². The number of rotatable bonds is 10. The lowest BCUT2D eigenvalue weighted by Gasteiger charge is -2.33. The van der Waals surface area contributed by atoms with Crippen molar-refractivity contribution in [1.82, 2.24) is 0 Å². The van der Waals surface area contributed by atoms with Crippen molar-refractivity contribution in [2.75, 3.05) is 9.80 Å². The summed E-state index contributed by atoms with van der Waals surface area (Å²) in [4.78, 5) is 4.84. The number of anilines is 6. The monoisotopic (exact) mass is 928 g/mol. The summed E-state index contributed by atoms with van der Waals surface area (Å²) >= 11 is 7.67. The predicted octanol–water partition coefficient (Wildman–Crippen LogP) is 18.1. The van der Waals surface area contributed by atoms with Gasteiger partial charge >= 0.3 is 0 Å². The zero-order chi connectivity index (χ0) is 42.6. The van der Waals surface area contributed by atoms with E-state index in [9.17, 15) is 0 Å². The lowest BCUT2D eigenvalue weighted by molar-refractivity contribution is 0.590. The Hall–Kier alpha value is -6.46. The summed E-state index contributed by atoms with van der Waals surface area (Å²) in [6, 6.07) is 80.9. The summed E-state index contributed by atoms with van der Waals surface area (Å²) < 4.78 is 2.02. The van der Waals surface area contributed by atoms with Gasteiger partial charge in [0.25, 0.3) is 0 Å². The van der Waals surface area contributed by atoms with Gasteiger partial charge in [0.15, 0.2) is 0 Å². The van der Waals surface area contributed by atoms with Gasteiger partial charge in [-0.3, -0.25) is 0 Å². The molecule has 0 aromatic heterocycles.